The summed E-state index contributed by atoms with van der Waals surface area (Å²) >= 11 is 1.89. The minimum absolute atomic E-state index is 0.00321. The van der Waals surface area contributed by atoms with Crippen molar-refractivity contribution in [3.8, 4) is 0 Å². The highest BCUT2D eigenvalue weighted by atomic mass is 127. The molecule has 0 aliphatic rings. The summed E-state index contributed by atoms with van der Waals surface area (Å²) in [6.45, 7) is -0.158. The second-order valence-electron chi connectivity index (χ2n) is 5.94. The lowest BCUT2D eigenvalue weighted by Gasteiger charge is -2.13. The summed E-state index contributed by atoms with van der Waals surface area (Å²) in [4.78, 5) is 35.2. The first-order valence-corrected chi connectivity index (χ1v) is 9.10. The van der Waals surface area contributed by atoms with Crippen molar-refractivity contribution in [2.75, 3.05) is 6.61 Å². The lowest BCUT2D eigenvalue weighted by atomic mass is 10.0. The predicted octanol–water partition coefficient (Wildman–Crippen LogP) is 3.54. The number of aliphatic hydroxyl groups excluding tert-OH is 1. The summed E-state index contributed by atoms with van der Waals surface area (Å²) in [7, 11) is 0. The van der Waals surface area contributed by atoms with E-state index in [4.69, 9.17) is 0 Å². The Labute approximate surface area is 166 Å². The zero-order chi connectivity index (χ0) is 19.6. The lowest BCUT2D eigenvalue weighted by Crippen LogP contribution is -2.16. The zero-order valence-corrected chi connectivity index (χ0v) is 16.1. The Morgan fingerprint density at radius 1 is 1.30 bits per heavy atom. The van der Waals surface area contributed by atoms with Crippen molar-refractivity contribution >= 4 is 45.5 Å². The van der Waals surface area contributed by atoms with Crippen LogP contribution >= 0.6 is 22.6 Å². The molecule has 1 aromatic heterocycles. The van der Waals surface area contributed by atoms with Crippen LogP contribution in [0.4, 0.5) is 10.1 Å². The van der Waals surface area contributed by atoms with Gasteiger partial charge in [-0.15, -0.1) is 4.91 Å². The van der Waals surface area contributed by atoms with Crippen LogP contribution < -0.4 is 5.43 Å². The normalized spacial score (nSPS) is 10.9. The van der Waals surface area contributed by atoms with Crippen LogP contribution in [0.25, 0.3) is 10.9 Å². The Morgan fingerprint density at radius 2 is 2.07 bits per heavy atom. The quantitative estimate of drug-likeness (QED) is 0.332. The molecule has 2 aromatic carbocycles. The molecule has 0 saturated carbocycles. The van der Waals surface area contributed by atoms with Gasteiger partial charge in [0.2, 0.25) is 0 Å². The second-order valence-corrected chi connectivity index (χ2v) is 7.10. The van der Waals surface area contributed by atoms with Gasteiger partial charge in [-0.2, -0.15) is 0 Å². The van der Waals surface area contributed by atoms with Crippen LogP contribution in [-0.4, -0.2) is 22.6 Å². The smallest absolute Gasteiger partial charge is 0.199 e. The number of carbonyl (C=O) groups excluding carboxylic acids is 1. The molecule has 6 nitrogen and oxygen atoms in total. The van der Waals surface area contributed by atoms with Gasteiger partial charge < -0.3 is 9.67 Å². The van der Waals surface area contributed by atoms with Crippen LogP contribution in [0.5, 0.6) is 0 Å². The van der Waals surface area contributed by atoms with Gasteiger partial charge in [0.15, 0.2) is 11.7 Å². The van der Waals surface area contributed by atoms with Crippen LogP contribution in [0.2, 0.25) is 0 Å². The standard InChI is InChI=1S/C19H14FIN2O4/c20-17-12(2-1-3-15(17)21)6-11-7-14-18(16(8-11)22-27)23(4-5-24)9-13(10-25)19(14)26/h1-3,7-10,24H,4-6H2. The first-order chi connectivity index (χ1) is 13.0. The number of nitroso groups, excluding NO2 is 1. The molecule has 0 bridgehead atoms. The molecule has 3 aromatic rings. The molecule has 1 heterocycles. The third-order valence-electron chi connectivity index (χ3n) is 4.23. The van der Waals surface area contributed by atoms with Gasteiger partial charge in [-0.25, -0.2) is 4.39 Å². The molecule has 3 rings (SSSR count). The molecule has 27 heavy (non-hydrogen) atoms. The molecule has 0 aliphatic carbocycles. The predicted molar refractivity (Wildman–Crippen MR) is 108 cm³/mol. The van der Waals surface area contributed by atoms with E-state index in [9.17, 15) is 24.0 Å². The van der Waals surface area contributed by atoms with E-state index in [0.29, 0.717) is 21.0 Å². The van der Waals surface area contributed by atoms with Gasteiger partial charge >= 0.3 is 0 Å². The summed E-state index contributed by atoms with van der Waals surface area (Å²) in [5.74, 6) is -0.363. The number of rotatable bonds is 6. The van der Waals surface area contributed by atoms with E-state index in [1.807, 2.05) is 22.6 Å². The molecule has 0 saturated heterocycles. The van der Waals surface area contributed by atoms with Crippen molar-refractivity contribution in [3.63, 3.8) is 0 Å². The van der Waals surface area contributed by atoms with E-state index in [2.05, 4.69) is 5.18 Å². The van der Waals surface area contributed by atoms with E-state index in [0.717, 1.165) is 0 Å². The molecule has 0 radical (unpaired) electrons. The average Bonchev–Trinajstić information content (AvgIpc) is 2.67. The number of carbonyl (C=O) groups is 1. The highest BCUT2D eigenvalue weighted by Crippen LogP contribution is 2.28. The summed E-state index contributed by atoms with van der Waals surface area (Å²) in [6, 6.07) is 8.01. The number of benzene rings is 2. The highest BCUT2D eigenvalue weighted by molar-refractivity contribution is 14.1. The lowest BCUT2D eigenvalue weighted by molar-refractivity contribution is 0.112. The molecule has 0 fully saturated rings. The minimum atomic E-state index is -0.538. The van der Waals surface area contributed by atoms with Crippen LogP contribution in [-0.2, 0) is 13.0 Å². The van der Waals surface area contributed by atoms with Crippen LogP contribution in [0.3, 0.4) is 0 Å². The fourth-order valence-electron chi connectivity index (χ4n) is 3.04. The van der Waals surface area contributed by atoms with Gasteiger partial charge in [0.1, 0.15) is 11.5 Å². The molecule has 138 valence electrons. The summed E-state index contributed by atoms with van der Waals surface area (Å²) < 4.78 is 16.2. The molecule has 1 N–H and O–H groups in total. The average molecular weight is 480 g/mol. The van der Waals surface area contributed by atoms with Crippen LogP contribution in [0.15, 0.2) is 46.5 Å². The number of hydrogen-bond acceptors (Lipinski definition) is 5. The molecule has 0 spiro atoms. The molecule has 0 amide bonds. The SMILES string of the molecule is O=Cc1cn(CCO)c2c(N=O)cc(Cc3cccc(I)c3F)cc2c1=O. The Morgan fingerprint density at radius 3 is 2.74 bits per heavy atom. The number of aromatic nitrogens is 1. The van der Waals surface area contributed by atoms with E-state index < -0.39 is 5.43 Å². The minimum Gasteiger partial charge on any atom is -0.395 e. The number of fused-ring (bicyclic) bond motifs is 1. The van der Waals surface area contributed by atoms with Gasteiger partial charge in [0.25, 0.3) is 0 Å². The van der Waals surface area contributed by atoms with Gasteiger partial charge in [-0.1, -0.05) is 12.1 Å². The Kier molecular flexibility index (Phi) is 5.76. The van der Waals surface area contributed by atoms with Crippen molar-refractivity contribution in [2.24, 2.45) is 5.18 Å². The van der Waals surface area contributed by atoms with Crippen molar-refractivity contribution in [1.29, 1.82) is 0 Å². The first-order valence-electron chi connectivity index (χ1n) is 8.02. The molecule has 8 heteroatoms. The number of aliphatic hydroxyl groups is 1. The van der Waals surface area contributed by atoms with Crippen LogP contribution in [0.1, 0.15) is 21.5 Å². The third kappa shape index (κ3) is 3.67. The maximum Gasteiger partial charge on any atom is 0.199 e. The van der Waals surface area contributed by atoms with E-state index in [1.54, 1.807) is 18.2 Å². The van der Waals surface area contributed by atoms with Crippen molar-refractivity contribution in [2.45, 2.75) is 13.0 Å². The van der Waals surface area contributed by atoms with Crippen molar-refractivity contribution in [3.05, 3.63) is 77.7 Å². The number of nitrogens with zero attached hydrogens (tertiary/aromatic N) is 2. The van der Waals surface area contributed by atoms with Crippen LogP contribution in [0, 0.1) is 14.3 Å². The highest BCUT2D eigenvalue weighted by Gasteiger charge is 2.16. The number of halogens is 2. The maximum atomic E-state index is 14.3. The second kappa shape index (κ2) is 8.05. The van der Waals surface area contributed by atoms with E-state index in [-0.39, 0.29) is 47.5 Å². The summed E-state index contributed by atoms with van der Waals surface area (Å²) in [5, 5.41) is 12.4. The largest absolute Gasteiger partial charge is 0.395 e. The maximum absolute atomic E-state index is 14.3. The summed E-state index contributed by atoms with van der Waals surface area (Å²) in [5.41, 5.74) is 0.543. The van der Waals surface area contributed by atoms with Gasteiger partial charge in [0.05, 0.1) is 17.7 Å². The number of aldehydes is 1. The van der Waals surface area contributed by atoms with Crippen molar-refractivity contribution in [1.82, 2.24) is 4.57 Å². The van der Waals surface area contributed by atoms with Gasteiger partial charge in [0, 0.05) is 28.1 Å². The van der Waals surface area contributed by atoms with E-state index in [1.165, 1.54) is 22.9 Å². The zero-order valence-electron chi connectivity index (χ0n) is 14.0. The molecule has 0 aliphatic heterocycles. The number of hydrogen-bond donors (Lipinski definition) is 1. The van der Waals surface area contributed by atoms with E-state index >= 15 is 0 Å². The Hall–Kier alpha value is -2.46. The molecular weight excluding hydrogens is 466 g/mol. The topological polar surface area (TPSA) is 88.7 Å². The number of pyridine rings is 1. The van der Waals surface area contributed by atoms with Gasteiger partial charge in [-0.05, 0) is 57.1 Å². The fourth-order valence-corrected chi connectivity index (χ4v) is 3.60. The first kappa shape index (κ1) is 19.3. The Bertz CT molecular complexity index is 1110. The fraction of sp³-hybridized carbons (Fsp3) is 0.158. The molecular formula is C19H14FIN2O4. The molecule has 0 unspecified atom stereocenters. The summed E-state index contributed by atoms with van der Waals surface area (Å²) in [6.07, 6.45) is 1.88. The molecule has 0 atom stereocenters. The van der Waals surface area contributed by atoms with Gasteiger partial charge in [-0.3, -0.25) is 9.59 Å². The monoisotopic (exact) mass is 480 g/mol. The third-order valence-corrected chi connectivity index (χ3v) is 5.06. The van der Waals surface area contributed by atoms with Crippen molar-refractivity contribution < 1.29 is 14.3 Å². The Balaban J connectivity index is 2.26.